The maximum Gasteiger partial charge on any atom is 0.138 e. The Morgan fingerprint density at radius 3 is 2.88 bits per heavy atom. The number of pyridine rings is 1. The second kappa shape index (κ2) is 6.27. The van der Waals surface area contributed by atoms with E-state index in [1.165, 1.54) is 16.7 Å². The summed E-state index contributed by atoms with van der Waals surface area (Å²) < 4.78 is 0. The van der Waals surface area contributed by atoms with Crippen LogP contribution in [0.5, 0.6) is 0 Å². The highest BCUT2D eigenvalue weighted by Gasteiger charge is 2.12. The molecule has 0 radical (unpaired) electrons. The molecule has 4 rings (SSSR count). The predicted molar refractivity (Wildman–Crippen MR) is 101 cm³/mol. The van der Waals surface area contributed by atoms with Gasteiger partial charge in [-0.2, -0.15) is 0 Å². The van der Waals surface area contributed by atoms with Crippen LogP contribution in [0.2, 0.25) is 5.02 Å². The minimum absolute atomic E-state index is 0.713. The maximum atomic E-state index is 6.21. The van der Waals surface area contributed by atoms with Crippen LogP contribution in [0.3, 0.4) is 0 Å². The number of nitrogens with two attached hydrogens (primary N) is 1. The minimum atomic E-state index is 0.713. The summed E-state index contributed by atoms with van der Waals surface area (Å²) in [5.41, 5.74) is 11.2. The van der Waals surface area contributed by atoms with Crippen LogP contribution in [-0.2, 0) is 6.42 Å². The first-order valence-corrected chi connectivity index (χ1v) is 8.49. The quantitative estimate of drug-likeness (QED) is 0.555. The summed E-state index contributed by atoms with van der Waals surface area (Å²) in [5, 5.41) is 2.95. The van der Waals surface area contributed by atoms with Gasteiger partial charge in [-0.1, -0.05) is 35.9 Å². The van der Waals surface area contributed by atoms with E-state index in [9.17, 15) is 0 Å². The first-order chi connectivity index (χ1) is 11.8. The Kier molecular flexibility index (Phi) is 3.97. The van der Waals surface area contributed by atoms with Crippen LogP contribution in [-0.4, -0.2) is 16.5 Å². The lowest BCUT2D eigenvalue weighted by atomic mass is 9.98. The number of aryl methyl sites for hydroxylation is 1. The molecule has 2 aromatic carbocycles. The molecule has 2 aromatic heterocycles. The Morgan fingerprint density at radius 2 is 2.00 bits per heavy atom. The number of fused-ring (bicyclic) bond motifs is 3. The van der Waals surface area contributed by atoms with E-state index in [0.717, 1.165) is 39.8 Å². The van der Waals surface area contributed by atoms with Crippen LogP contribution in [0.15, 0.2) is 54.7 Å². The number of aromatic amines is 1. The molecule has 120 valence electrons. The molecular formula is C20H18ClN3. The lowest BCUT2D eigenvalue weighted by molar-refractivity contribution is 0.833. The summed E-state index contributed by atoms with van der Waals surface area (Å²) in [6, 6.07) is 16.6. The Morgan fingerprint density at radius 1 is 1.08 bits per heavy atom. The zero-order valence-corrected chi connectivity index (χ0v) is 14.0. The third-order valence-corrected chi connectivity index (χ3v) is 4.60. The Balaban J connectivity index is 1.93. The number of benzene rings is 2. The van der Waals surface area contributed by atoms with Gasteiger partial charge in [0.05, 0.1) is 0 Å². The lowest BCUT2D eigenvalue weighted by Crippen LogP contribution is -2.00. The third kappa shape index (κ3) is 2.66. The summed E-state index contributed by atoms with van der Waals surface area (Å²) in [6.07, 6.45) is 3.84. The largest absolute Gasteiger partial charge is 0.339 e. The van der Waals surface area contributed by atoms with Gasteiger partial charge >= 0.3 is 0 Å². The molecule has 3 N–H and O–H groups in total. The number of rotatable bonds is 4. The predicted octanol–water partition coefficient (Wildman–Crippen LogP) is 4.93. The highest BCUT2D eigenvalue weighted by molar-refractivity contribution is 6.32. The molecule has 24 heavy (non-hydrogen) atoms. The molecule has 0 saturated carbocycles. The molecule has 0 fully saturated rings. The number of H-pyrrole nitrogens is 1. The standard InChI is InChI=1S/C20H18ClN3/c21-15-6-7-18-17(12-15)19-16(8-10-23-20(19)24-18)14-5-1-3-13(11-14)4-2-9-22/h1,3,5-8,10-12H,2,4,9,22H2,(H,23,24). The SMILES string of the molecule is NCCCc1cccc(-c2ccnc3[nH]c4ccc(Cl)cc4c23)c1. The van der Waals surface area contributed by atoms with Crippen LogP contribution < -0.4 is 5.73 Å². The second-order valence-corrected chi connectivity index (χ2v) is 6.43. The molecule has 3 nitrogen and oxygen atoms in total. The van der Waals surface area contributed by atoms with Gasteiger partial charge in [-0.05, 0) is 60.3 Å². The van der Waals surface area contributed by atoms with E-state index >= 15 is 0 Å². The molecule has 4 heteroatoms. The monoisotopic (exact) mass is 335 g/mol. The molecule has 0 unspecified atom stereocenters. The van der Waals surface area contributed by atoms with Gasteiger partial charge in [-0.3, -0.25) is 0 Å². The maximum absolute atomic E-state index is 6.21. The van der Waals surface area contributed by atoms with Gasteiger partial charge in [0.15, 0.2) is 0 Å². The van der Waals surface area contributed by atoms with E-state index < -0.39 is 0 Å². The number of aromatic nitrogens is 2. The topological polar surface area (TPSA) is 54.7 Å². The van der Waals surface area contributed by atoms with Crippen molar-refractivity contribution < 1.29 is 0 Å². The fraction of sp³-hybridized carbons (Fsp3) is 0.150. The molecule has 2 heterocycles. The molecular weight excluding hydrogens is 318 g/mol. The normalized spacial score (nSPS) is 11.4. The molecule has 0 amide bonds. The molecule has 0 atom stereocenters. The van der Waals surface area contributed by atoms with Crippen molar-refractivity contribution in [1.29, 1.82) is 0 Å². The minimum Gasteiger partial charge on any atom is -0.339 e. The zero-order chi connectivity index (χ0) is 16.5. The number of halogens is 1. The fourth-order valence-corrected chi connectivity index (χ4v) is 3.40. The molecule has 0 saturated heterocycles. The smallest absolute Gasteiger partial charge is 0.138 e. The lowest BCUT2D eigenvalue weighted by Gasteiger charge is -2.07. The highest BCUT2D eigenvalue weighted by Crippen LogP contribution is 2.34. The van der Waals surface area contributed by atoms with Gasteiger partial charge in [-0.15, -0.1) is 0 Å². The van der Waals surface area contributed by atoms with Crippen molar-refractivity contribution in [3.8, 4) is 11.1 Å². The van der Waals surface area contributed by atoms with E-state index in [1.807, 2.05) is 24.4 Å². The highest BCUT2D eigenvalue weighted by atomic mass is 35.5. The van der Waals surface area contributed by atoms with Crippen LogP contribution >= 0.6 is 11.6 Å². The van der Waals surface area contributed by atoms with Crippen molar-refractivity contribution in [2.24, 2.45) is 5.73 Å². The van der Waals surface area contributed by atoms with Crippen molar-refractivity contribution in [3.63, 3.8) is 0 Å². The third-order valence-electron chi connectivity index (χ3n) is 4.36. The van der Waals surface area contributed by atoms with Crippen molar-refractivity contribution >= 4 is 33.5 Å². The number of hydrogen-bond acceptors (Lipinski definition) is 2. The van der Waals surface area contributed by atoms with Gasteiger partial charge in [0, 0.05) is 27.5 Å². The average Bonchev–Trinajstić information content (AvgIpc) is 2.98. The van der Waals surface area contributed by atoms with E-state index in [0.29, 0.717) is 6.54 Å². The van der Waals surface area contributed by atoms with Crippen molar-refractivity contribution in [3.05, 3.63) is 65.3 Å². The van der Waals surface area contributed by atoms with Gasteiger partial charge in [-0.25, -0.2) is 4.98 Å². The molecule has 4 aromatic rings. The fourth-order valence-electron chi connectivity index (χ4n) is 3.23. The zero-order valence-electron chi connectivity index (χ0n) is 13.2. The number of nitrogens with zero attached hydrogens (tertiary/aromatic N) is 1. The van der Waals surface area contributed by atoms with Crippen molar-refractivity contribution in [1.82, 2.24) is 9.97 Å². The summed E-state index contributed by atoms with van der Waals surface area (Å²) in [4.78, 5) is 7.87. The first-order valence-electron chi connectivity index (χ1n) is 8.11. The molecule has 0 bridgehead atoms. The Labute approximate surface area is 145 Å². The summed E-state index contributed by atoms with van der Waals surface area (Å²) in [7, 11) is 0. The van der Waals surface area contributed by atoms with Crippen LogP contribution in [0, 0.1) is 0 Å². The number of hydrogen-bond donors (Lipinski definition) is 2. The van der Waals surface area contributed by atoms with Crippen molar-refractivity contribution in [2.45, 2.75) is 12.8 Å². The molecule has 0 spiro atoms. The second-order valence-electron chi connectivity index (χ2n) is 5.99. The van der Waals surface area contributed by atoms with E-state index in [1.54, 1.807) is 0 Å². The molecule has 0 aliphatic rings. The van der Waals surface area contributed by atoms with Crippen LogP contribution in [0.25, 0.3) is 33.1 Å². The summed E-state index contributed by atoms with van der Waals surface area (Å²) >= 11 is 6.21. The van der Waals surface area contributed by atoms with Gasteiger partial charge in [0.1, 0.15) is 5.65 Å². The van der Waals surface area contributed by atoms with E-state index in [2.05, 4.69) is 40.3 Å². The van der Waals surface area contributed by atoms with Gasteiger partial charge in [0.2, 0.25) is 0 Å². The van der Waals surface area contributed by atoms with Gasteiger partial charge in [0.25, 0.3) is 0 Å². The van der Waals surface area contributed by atoms with E-state index in [-0.39, 0.29) is 0 Å². The van der Waals surface area contributed by atoms with Crippen LogP contribution in [0.1, 0.15) is 12.0 Å². The van der Waals surface area contributed by atoms with Crippen molar-refractivity contribution in [2.75, 3.05) is 6.54 Å². The Hall–Kier alpha value is -2.36. The van der Waals surface area contributed by atoms with Gasteiger partial charge < -0.3 is 10.7 Å². The first kappa shape index (κ1) is 15.2. The summed E-state index contributed by atoms with van der Waals surface area (Å²) in [5.74, 6) is 0. The molecule has 0 aliphatic carbocycles. The molecule has 0 aliphatic heterocycles. The van der Waals surface area contributed by atoms with E-state index in [4.69, 9.17) is 17.3 Å². The summed E-state index contributed by atoms with van der Waals surface area (Å²) in [6.45, 7) is 0.713. The Bertz CT molecular complexity index is 1020. The number of nitrogens with one attached hydrogen (secondary N) is 1. The average molecular weight is 336 g/mol. The van der Waals surface area contributed by atoms with Crippen LogP contribution in [0.4, 0.5) is 0 Å².